The van der Waals surface area contributed by atoms with Crippen molar-refractivity contribution in [2.24, 2.45) is 5.92 Å². The molecule has 1 atom stereocenters. The van der Waals surface area contributed by atoms with Crippen LogP contribution in [-0.2, 0) is 11.2 Å². The first-order valence-electron chi connectivity index (χ1n) is 6.23. The highest BCUT2D eigenvalue weighted by Gasteiger charge is 2.17. The van der Waals surface area contributed by atoms with Crippen molar-refractivity contribution >= 4 is 16.9 Å². The molecule has 2 heterocycles. The summed E-state index contributed by atoms with van der Waals surface area (Å²) in [5, 5.41) is 9.72. The van der Waals surface area contributed by atoms with Gasteiger partial charge in [-0.1, -0.05) is 6.92 Å². The van der Waals surface area contributed by atoms with E-state index < -0.39 is 11.9 Å². The number of carboxylic acid groups (broad SMARTS) is 1. The monoisotopic (exact) mass is 275 g/mol. The third-order valence-electron chi connectivity index (χ3n) is 3.36. The standard InChI is InChI=1S/C14H13NO5/c1-7(14(17)18)2-9-3-8-4-11-12(20-6-19-11)5-10(8)15-13(9)16/h3-5,7H,2,6H2,1H3,(H,15,16)(H,17,18). The summed E-state index contributed by atoms with van der Waals surface area (Å²) < 4.78 is 10.5. The fraction of sp³-hybridized carbons (Fsp3) is 0.286. The topological polar surface area (TPSA) is 88.6 Å². The number of ether oxygens (including phenoxy) is 2. The molecule has 0 radical (unpaired) electrons. The molecule has 1 unspecified atom stereocenters. The number of carboxylic acids is 1. The molecule has 1 aliphatic rings. The Morgan fingerprint density at radius 2 is 2.05 bits per heavy atom. The normalized spacial score (nSPS) is 14.4. The highest BCUT2D eigenvalue weighted by atomic mass is 16.7. The molecule has 3 rings (SSSR count). The molecule has 2 aromatic rings. The van der Waals surface area contributed by atoms with Crippen LogP contribution in [0.4, 0.5) is 0 Å². The summed E-state index contributed by atoms with van der Waals surface area (Å²) in [5.41, 5.74) is 0.821. The maximum Gasteiger partial charge on any atom is 0.306 e. The lowest BCUT2D eigenvalue weighted by Gasteiger charge is -2.07. The quantitative estimate of drug-likeness (QED) is 0.886. The SMILES string of the molecule is CC(Cc1cc2cc3c(cc2[nH]c1=O)OCO3)C(=O)O. The lowest BCUT2D eigenvalue weighted by atomic mass is 10.0. The van der Waals surface area contributed by atoms with Gasteiger partial charge in [-0.05, 0) is 18.6 Å². The molecule has 6 nitrogen and oxygen atoms in total. The number of aliphatic carboxylic acids is 1. The predicted octanol–water partition coefficient (Wildman–Crippen LogP) is 1.52. The third kappa shape index (κ3) is 2.09. The van der Waals surface area contributed by atoms with Crippen LogP contribution in [0.15, 0.2) is 23.0 Å². The average molecular weight is 275 g/mol. The number of aromatic amines is 1. The molecule has 1 aromatic carbocycles. The number of hydrogen-bond donors (Lipinski definition) is 2. The summed E-state index contributed by atoms with van der Waals surface area (Å²) in [7, 11) is 0. The number of aromatic nitrogens is 1. The Morgan fingerprint density at radius 3 is 2.75 bits per heavy atom. The van der Waals surface area contributed by atoms with Crippen molar-refractivity contribution in [3.8, 4) is 11.5 Å². The number of nitrogens with one attached hydrogen (secondary N) is 1. The van der Waals surface area contributed by atoms with E-state index in [-0.39, 0.29) is 18.8 Å². The van der Waals surface area contributed by atoms with Gasteiger partial charge in [0.1, 0.15) is 0 Å². The van der Waals surface area contributed by atoms with Crippen molar-refractivity contribution < 1.29 is 19.4 Å². The number of hydrogen-bond acceptors (Lipinski definition) is 4. The summed E-state index contributed by atoms with van der Waals surface area (Å²) in [6.07, 6.45) is 0.190. The van der Waals surface area contributed by atoms with Gasteiger partial charge in [0.15, 0.2) is 11.5 Å². The van der Waals surface area contributed by atoms with Gasteiger partial charge in [0.05, 0.1) is 11.4 Å². The van der Waals surface area contributed by atoms with Crippen LogP contribution in [0.1, 0.15) is 12.5 Å². The Labute approximate surface area is 113 Å². The molecule has 0 bridgehead atoms. The van der Waals surface area contributed by atoms with Crippen LogP contribution in [0, 0.1) is 5.92 Å². The van der Waals surface area contributed by atoms with E-state index in [0.717, 1.165) is 5.39 Å². The summed E-state index contributed by atoms with van der Waals surface area (Å²) in [4.78, 5) is 25.6. The van der Waals surface area contributed by atoms with Crippen molar-refractivity contribution in [3.05, 3.63) is 34.1 Å². The number of rotatable bonds is 3. The van der Waals surface area contributed by atoms with Crippen LogP contribution in [0.2, 0.25) is 0 Å². The molecule has 0 saturated carbocycles. The number of fused-ring (bicyclic) bond motifs is 2. The van der Waals surface area contributed by atoms with Crippen molar-refractivity contribution in [2.45, 2.75) is 13.3 Å². The van der Waals surface area contributed by atoms with Gasteiger partial charge in [-0.2, -0.15) is 0 Å². The van der Waals surface area contributed by atoms with Gasteiger partial charge >= 0.3 is 5.97 Å². The second-order valence-corrected chi connectivity index (χ2v) is 4.86. The van der Waals surface area contributed by atoms with E-state index in [4.69, 9.17) is 14.6 Å². The van der Waals surface area contributed by atoms with Crippen molar-refractivity contribution in [2.75, 3.05) is 6.79 Å². The molecule has 104 valence electrons. The summed E-state index contributed by atoms with van der Waals surface area (Å²) in [6.45, 7) is 1.74. The highest BCUT2D eigenvalue weighted by Crippen LogP contribution is 2.35. The molecular weight excluding hydrogens is 262 g/mol. The molecular formula is C14H13NO5. The Morgan fingerprint density at radius 1 is 1.35 bits per heavy atom. The Hall–Kier alpha value is -2.50. The van der Waals surface area contributed by atoms with E-state index >= 15 is 0 Å². The first kappa shape index (κ1) is 12.5. The first-order valence-corrected chi connectivity index (χ1v) is 6.23. The zero-order valence-corrected chi connectivity index (χ0v) is 10.8. The molecule has 0 fully saturated rings. The number of benzene rings is 1. The minimum absolute atomic E-state index is 0.165. The van der Waals surface area contributed by atoms with Crippen LogP contribution < -0.4 is 15.0 Å². The maximum absolute atomic E-state index is 12.0. The van der Waals surface area contributed by atoms with Crippen LogP contribution in [0.5, 0.6) is 11.5 Å². The predicted molar refractivity (Wildman–Crippen MR) is 71.2 cm³/mol. The van der Waals surface area contributed by atoms with E-state index in [0.29, 0.717) is 22.6 Å². The molecule has 0 spiro atoms. The Kier molecular flexibility index (Phi) is 2.85. The van der Waals surface area contributed by atoms with Gasteiger partial charge in [0, 0.05) is 17.0 Å². The molecule has 2 N–H and O–H groups in total. The van der Waals surface area contributed by atoms with E-state index in [2.05, 4.69) is 4.98 Å². The number of carbonyl (C=O) groups is 1. The van der Waals surface area contributed by atoms with Gasteiger partial charge < -0.3 is 19.6 Å². The molecule has 1 aromatic heterocycles. The van der Waals surface area contributed by atoms with Gasteiger partial charge in [-0.3, -0.25) is 9.59 Å². The van der Waals surface area contributed by atoms with E-state index in [9.17, 15) is 9.59 Å². The highest BCUT2D eigenvalue weighted by molar-refractivity contribution is 5.83. The zero-order valence-electron chi connectivity index (χ0n) is 10.8. The summed E-state index contributed by atoms with van der Waals surface area (Å²) >= 11 is 0. The Balaban J connectivity index is 2.07. The van der Waals surface area contributed by atoms with Crippen LogP contribution >= 0.6 is 0 Å². The van der Waals surface area contributed by atoms with E-state index in [1.54, 1.807) is 25.1 Å². The minimum Gasteiger partial charge on any atom is -0.481 e. The van der Waals surface area contributed by atoms with Crippen LogP contribution in [0.25, 0.3) is 10.9 Å². The molecule has 20 heavy (non-hydrogen) atoms. The molecule has 6 heteroatoms. The van der Waals surface area contributed by atoms with E-state index in [1.165, 1.54) is 0 Å². The minimum atomic E-state index is -0.921. The van der Waals surface area contributed by atoms with Crippen molar-refractivity contribution in [1.29, 1.82) is 0 Å². The van der Waals surface area contributed by atoms with E-state index in [1.807, 2.05) is 0 Å². The third-order valence-corrected chi connectivity index (χ3v) is 3.36. The Bertz CT molecular complexity index is 749. The van der Waals surface area contributed by atoms with Crippen LogP contribution in [-0.4, -0.2) is 22.9 Å². The molecule has 1 aliphatic heterocycles. The summed E-state index contributed by atoms with van der Waals surface area (Å²) in [6, 6.07) is 5.20. The zero-order chi connectivity index (χ0) is 14.3. The second-order valence-electron chi connectivity index (χ2n) is 4.86. The molecule has 0 amide bonds. The largest absolute Gasteiger partial charge is 0.481 e. The lowest BCUT2D eigenvalue weighted by Crippen LogP contribution is -2.19. The molecule has 0 aliphatic carbocycles. The van der Waals surface area contributed by atoms with Crippen molar-refractivity contribution in [1.82, 2.24) is 4.98 Å². The number of H-pyrrole nitrogens is 1. The first-order chi connectivity index (χ1) is 9.54. The fourth-order valence-corrected chi connectivity index (χ4v) is 2.21. The average Bonchev–Trinajstić information content (AvgIpc) is 2.84. The number of pyridine rings is 1. The van der Waals surface area contributed by atoms with Gasteiger partial charge in [0.25, 0.3) is 5.56 Å². The fourth-order valence-electron chi connectivity index (χ4n) is 2.21. The lowest BCUT2D eigenvalue weighted by molar-refractivity contribution is -0.141. The van der Waals surface area contributed by atoms with Gasteiger partial charge in [-0.25, -0.2) is 0 Å². The van der Waals surface area contributed by atoms with Crippen molar-refractivity contribution in [3.63, 3.8) is 0 Å². The van der Waals surface area contributed by atoms with Gasteiger partial charge in [0.2, 0.25) is 6.79 Å². The second kappa shape index (κ2) is 4.56. The smallest absolute Gasteiger partial charge is 0.306 e. The molecule has 0 saturated heterocycles. The van der Waals surface area contributed by atoms with Gasteiger partial charge in [-0.15, -0.1) is 0 Å². The summed E-state index contributed by atoms with van der Waals surface area (Å²) in [5.74, 6) is -0.306. The maximum atomic E-state index is 12.0. The van der Waals surface area contributed by atoms with Crippen LogP contribution in [0.3, 0.4) is 0 Å².